The number of carbonyl (C=O) groups is 1. The standard InChI is InChI=1S/C19H15ClN6O4/c1-28-19(27)15-16(26(25-22-15)18-17(21)23-30-24-18)11-6-4-7-13(9-11)29-10-12-5-2-3-8-14(12)20/h2-9H,10H2,1H3,(H2,21,23). The molecule has 2 aromatic carbocycles. The molecule has 4 rings (SSSR count). The molecule has 152 valence electrons. The highest BCUT2D eigenvalue weighted by Gasteiger charge is 2.26. The van der Waals surface area contributed by atoms with Crippen molar-refractivity contribution in [1.82, 2.24) is 25.3 Å². The first kappa shape index (κ1) is 19.4. The summed E-state index contributed by atoms with van der Waals surface area (Å²) in [7, 11) is 1.25. The van der Waals surface area contributed by atoms with Crippen LogP contribution in [-0.2, 0) is 11.3 Å². The van der Waals surface area contributed by atoms with Gasteiger partial charge in [-0.25, -0.2) is 9.42 Å². The van der Waals surface area contributed by atoms with Gasteiger partial charge in [-0.05, 0) is 28.5 Å². The van der Waals surface area contributed by atoms with Crippen molar-refractivity contribution >= 4 is 23.4 Å². The van der Waals surface area contributed by atoms with Gasteiger partial charge in [-0.1, -0.05) is 47.1 Å². The second-order valence-electron chi connectivity index (χ2n) is 6.07. The van der Waals surface area contributed by atoms with Crippen LogP contribution in [-0.4, -0.2) is 38.4 Å². The highest BCUT2D eigenvalue weighted by Crippen LogP contribution is 2.30. The molecule has 11 heteroatoms. The normalized spacial score (nSPS) is 10.7. The summed E-state index contributed by atoms with van der Waals surface area (Å²) in [6.45, 7) is 0.269. The van der Waals surface area contributed by atoms with Crippen molar-refractivity contribution in [3.05, 3.63) is 64.8 Å². The lowest BCUT2D eigenvalue weighted by atomic mass is 10.1. The van der Waals surface area contributed by atoms with Gasteiger partial charge in [0.15, 0.2) is 5.69 Å². The summed E-state index contributed by atoms with van der Waals surface area (Å²) in [5, 5.41) is 15.8. The summed E-state index contributed by atoms with van der Waals surface area (Å²) >= 11 is 6.18. The zero-order chi connectivity index (χ0) is 21.1. The second kappa shape index (κ2) is 8.21. The molecule has 0 aliphatic rings. The number of nitrogens with zero attached hydrogens (tertiary/aromatic N) is 5. The Morgan fingerprint density at radius 3 is 2.77 bits per heavy atom. The number of esters is 1. The SMILES string of the molecule is COC(=O)c1nnn(-c2nonc2N)c1-c1cccc(OCc2ccccc2Cl)c1. The van der Waals surface area contributed by atoms with Crippen LogP contribution in [0.5, 0.6) is 5.75 Å². The Morgan fingerprint density at radius 1 is 1.20 bits per heavy atom. The summed E-state index contributed by atoms with van der Waals surface area (Å²) in [5.41, 5.74) is 7.47. The second-order valence-corrected chi connectivity index (χ2v) is 6.48. The number of rotatable bonds is 6. The topological polar surface area (TPSA) is 131 Å². The highest BCUT2D eigenvalue weighted by atomic mass is 35.5. The van der Waals surface area contributed by atoms with E-state index in [4.69, 9.17) is 26.8 Å². The molecule has 0 aliphatic carbocycles. The average Bonchev–Trinajstić information content (AvgIpc) is 3.38. The van der Waals surface area contributed by atoms with Crippen LogP contribution in [0.1, 0.15) is 16.1 Å². The first-order valence-electron chi connectivity index (χ1n) is 8.67. The van der Waals surface area contributed by atoms with E-state index in [1.54, 1.807) is 30.3 Å². The lowest BCUT2D eigenvalue weighted by molar-refractivity contribution is 0.0595. The minimum absolute atomic E-state index is 0.0105. The van der Waals surface area contributed by atoms with E-state index in [-0.39, 0.29) is 23.9 Å². The van der Waals surface area contributed by atoms with Crippen molar-refractivity contribution < 1.29 is 18.9 Å². The van der Waals surface area contributed by atoms with E-state index in [0.29, 0.717) is 22.0 Å². The van der Waals surface area contributed by atoms with Gasteiger partial charge >= 0.3 is 5.97 Å². The number of nitrogens with two attached hydrogens (primary N) is 1. The minimum Gasteiger partial charge on any atom is -0.489 e. The molecule has 2 heterocycles. The van der Waals surface area contributed by atoms with Crippen LogP contribution in [0.3, 0.4) is 0 Å². The van der Waals surface area contributed by atoms with Crippen molar-refractivity contribution in [2.24, 2.45) is 0 Å². The first-order chi connectivity index (χ1) is 14.6. The van der Waals surface area contributed by atoms with Gasteiger partial charge in [-0.2, -0.15) is 4.68 Å². The average molecular weight is 427 g/mol. The molecule has 0 radical (unpaired) electrons. The molecule has 0 atom stereocenters. The summed E-state index contributed by atoms with van der Waals surface area (Å²) < 4.78 is 16.6. The Morgan fingerprint density at radius 2 is 2.03 bits per heavy atom. The van der Waals surface area contributed by atoms with Gasteiger partial charge in [-0.3, -0.25) is 0 Å². The maximum Gasteiger partial charge on any atom is 0.360 e. The summed E-state index contributed by atoms with van der Waals surface area (Å²) in [5.74, 6) is -0.0466. The van der Waals surface area contributed by atoms with E-state index < -0.39 is 5.97 Å². The molecule has 0 spiro atoms. The van der Waals surface area contributed by atoms with Crippen LogP contribution in [0.4, 0.5) is 5.82 Å². The predicted molar refractivity (Wildman–Crippen MR) is 106 cm³/mol. The minimum atomic E-state index is -0.673. The van der Waals surface area contributed by atoms with E-state index >= 15 is 0 Å². The Bertz CT molecular complexity index is 1210. The van der Waals surface area contributed by atoms with Gasteiger partial charge in [0, 0.05) is 16.1 Å². The Hall–Kier alpha value is -3.92. The number of benzene rings is 2. The van der Waals surface area contributed by atoms with E-state index in [1.807, 2.05) is 18.2 Å². The van der Waals surface area contributed by atoms with Crippen LogP contribution in [0.25, 0.3) is 17.1 Å². The molecule has 4 aromatic rings. The lowest BCUT2D eigenvalue weighted by Crippen LogP contribution is -2.07. The van der Waals surface area contributed by atoms with E-state index in [2.05, 4.69) is 25.3 Å². The van der Waals surface area contributed by atoms with Gasteiger partial charge in [0.2, 0.25) is 11.6 Å². The lowest BCUT2D eigenvalue weighted by Gasteiger charge is -2.10. The summed E-state index contributed by atoms with van der Waals surface area (Å²) in [6, 6.07) is 14.4. The molecule has 0 saturated carbocycles. The zero-order valence-electron chi connectivity index (χ0n) is 15.7. The van der Waals surface area contributed by atoms with Crippen LogP contribution in [0.15, 0.2) is 53.2 Å². The summed E-state index contributed by atoms with van der Waals surface area (Å²) in [4.78, 5) is 12.2. The van der Waals surface area contributed by atoms with Gasteiger partial charge in [0.1, 0.15) is 18.1 Å². The highest BCUT2D eigenvalue weighted by molar-refractivity contribution is 6.31. The van der Waals surface area contributed by atoms with E-state index in [0.717, 1.165) is 5.56 Å². The Kier molecular flexibility index (Phi) is 5.31. The molecule has 30 heavy (non-hydrogen) atoms. The van der Waals surface area contributed by atoms with Gasteiger partial charge < -0.3 is 15.2 Å². The molecule has 0 fully saturated rings. The fourth-order valence-electron chi connectivity index (χ4n) is 2.77. The molecule has 0 amide bonds. The van der Waals surface area contributed by atoms with E-state index in [1.165, 1.54) is 11.8 Å². The van der Waals surface area contributed by atoms with E-state index in [9.17, 15) is 4.79 Å². The number of hydrogen-bond acceptors (Lipinski definition) is 9. The van der Waals surface area contributed by atoms with Gasteiger partial charge in [0.25, 0.3) is 0 Å². The third-order valence-corrected chi connectivity index (χ3v) is 4.57. The van der Waals surface area contributed by atoms with Crippen LogP contribution in [0.2, 0.25) is 5.02 Å². The molecule has 10 nitrogen and oxygen atoms in total. The quantitative estimate of drug-likeness (QED) is 0.462. The smallest absolute Gasteiger partial charge is 0.360 e. The van der Waals surface area contributed by atoms with Crippen molar-refractivity contribution in [1.29, 1.82) is 0 Å². The fraction of sp³-hybridized carbons (Fsp3) is 0.105. The third kappa shape index (κ3) is 3.67. The number of hydrogen-bond donors (Lipinski definition) is 1. The molecule has 0 aliphatic heterocycles. The van der Waals surface area contributed by atoms with Crippen LogP contribution >= 0.6 is 11.6 Å². The van der Waals surface area contributed by atoms with Crippen LogP contribution in [0, 0.1) is 0 Å². The van der Waals surface area contributed by atoms with Gasteiger partial charge in [-0.15, -0.1) is 5.10 Å². The van der Waals surface area contributed by atoms with Crippen LogP contribution < -0.4 is 10.5 Å². The van der Waals surface area contributed by atoms with Crippen molar-refractivity contribution in [3.8, 4) is 22.8 Å². The Labute approximate surface area is 175 Å². The molecular formula is C19H15ClN6O4. The molecular weight excluding hydrogens is 412 g/mol. The number of nitrogen functional groups attached to an aromatic ring is 1. The molecule has 0 saturated heterocycles. The number of aromatic nitrogens is 5. The molecule has 2 N–H and O–H groups in total. The Balaban J connectivity index is 1.72. The third-order valence-electron chi connectivity index (χ3n) is 4.20. The molecule has 0 bridgehead atoms. The number of methoxy groups -OCH3 is 1. The molecule has 2 aromatic heterocycles. The van der Waals surface area contributed by atoms with Crippen molar-refractivity contribution in [2.75, 3.05) is 12.8 Å². The maximum absolute atomic E-state index is 12.2. The predicted octanol–water partition coefficient (Wildman–Crippen LogP) is 2.92. The van der Waals surface area contributed by atoms with Crippen molar-refractivity contribution in [3.63, 3.8) is 0 Å². The number of carbonyl (C=O) groups excluding carboxylic acids is 1. The number of ether oxygens (including phenoxy) is 2. The summed E-state index contributed by atoms with van der Waals surface area (Å²) in [6.07, 6.45) is 0. The van der Waals surface area contributed by atoms with Crippen molar-refractivity contribution in [2.45, 2.75) is 6.61 Å². The number of halogens is 1. The van der Waals surface area contributed by atoms with Gasteiger partial charge in [0.05, 0.1) is 7.11 Å². The fourth-order valence-corrected chi connectivity index (χ4v) is 2.96. The maximum atomic E-state index is 12.2. The largest absolute Gasteiger partial charge is 0.489 e. The first-order valence-corrected chi connectivity index (χ1v) is 9.05. The monoisotopic (exact) mass is 426 g/mol. The number of anilines is 1. The zero-order valence-corrected chi connectivity index (χ0v) is 16.4. The molecule has 0 unspecified atom stereocenters.